The smallest absolute Gasteiger partial charge is 0.310 e. The van der Waals surface area contributed by atoms with Crippen molar-refractivity contribution in [2.45, 2.75) is 27.7 Å². The van der Waals surface area contributed by atoms with Crippen molar-refractivity contribution in [3.05, 3.63) is 23.3 Å². The van der Waals surface area contributed by atoms with Crippen LogP contribution in [0.2, 0.25) is 0 Å². The maximum Gasteiger partial charge on any atom is 0.310 e. The molecule has 1 aromatic carbocycles. The molecule has 0 spiro atoms. The van der Waals surface area contributed by atoms with Crippen LogP contribution in [0.25, 0.3) is 0 Å². The number of hydrogen-bond acceptors (Lipinski definition) is 3. The van der Waals surface area contributed by atoms with Gasteiger partial charge in [0.15, 0.2) is 0 Å². The molecule has 2 N–H and O–H groups in total. The van der Waals surface area contributed by atoms with Crippen molar-refractivity contribution >= 4 is 11.7 Å². The molecular formula is C14H21NO3. The predicted molar refractivity (Wildman–Crippen MR) is 72.4 cm³/mol. The molecule has 4 heteroatoms. The Bertz CT molecular complexity index is 453. The van der Waals surface area contributed by atoms with Gasteiger partial charge in [0, 0.05) is 6.54 Å². The van der Waals surface area contributed by atoms with E-state index in [9.17, 15) is 4.79 Å². The molecule has 0 atom stereocenters. The fourth-order valence-electron chi connectivity index (χ4n) is 1.49. The Kier molecular flexibility index (Phi) is 4.22. The summed E-state index contributed by atoms with van der Waals surface area (Å²) in [5.41, 5.74) is 2.31. The number of aliphatic carboxylic acids is 1. The molecule has 0 saturated heterocycles. The summed E-state index contributed by atoms with van der Waals surface area (Å²) in [7, 11) is 1.61. The average Bonchev–Trinajstić information content (AvgIpc) is 2.30. The van der Waals surface area contributed by atoms with Crippen LogP contribution >= 0.6 is 0 Å². The van der Waals surface area contributed by atoms with E-state index in [4.69, 9.17) is 9.84 Å². The summed E-state index contributed by atoms with van der Waals surface area (Å²) < 4.78 is 5.30. The molecule has 100 valence electrons. The highest BCUT2D eigenvalue weighted by Crippen LogP contribution is 2.29. The number of methoxy groups -OCH3 is 1. The minimum atomic E-state index is -0.821. The number of carboxylic acids is 1. The molecule has 0 saturated carbocycles. The second kappa shape index (κ2) is 5.29. The van der Waals surface area contributed by atoms with Crippen LogP contribution in [-0.4, -0.2) is 24.7 Å². The van der Waals surface area contributed by atoms with Gasteiger partial charge in [0.2, 0.25) is 0 Å². The van der Waals surface area contributed by atoms with Gasteiger partial charge in [-0.25, -0.2) is 0 Å². The molecule has 4 nitrogen and oxygen atoms in total. The Labute approximate surface area is 108 Å². The molecule has 0 unspecified atom stereocenters. The Hall–Kier alpha value is -1.71. The second-order valence-electron chi connectivity index (χ2n) is 5.18. The van der Waals surface area contributed by atoms with Crippen molar-refractivity contribution < 1.29 is 14.6 Å². The lowest BCUT2D eigenvalue weighted by molar-refractivity contribution is -0.146. The number of hydrogen-bond donors (Lipinski definition) is 2. The summed E-state index contributed by atoms with van der Waals surface area (Å²) in [4.78, 5) is 11.0. The molecule has 0 fully saturated rings. The Morgan fingerprint density at radius 3 is 2.39 bits per heavy atom. The number of carboxylic acid groups (broad SMARTS) is 1. The van der Waals surface area contributed by atoms with E-state index in [0.717, 1.165) is 22.6 Å². The fraction of sp³-hybridized carbons (Fsp3) is 0.500. The van der Waals surface area contributed by atoms with Gasteiger partial charge in [-0.1, -0.05) is 0 Å². The molecule has 0 aliphatic heterocycles. The molecule has 1 rings (SSSR count). The molecule has 0 aromatic heterocycles. The van der Waals surface area contributed by atoms with Crippen LogP contribution < -0.4 is 10.1 Å². The zero-order valence-corrected chi connectivity index (χ0v) is 11.6. The van der Waals surface area contributed by atoms with Crippen molar-refractivity contribution in [3.8, 4) is 5.75 Å². The molecule has 0 aliphatic rings. The van der Waals surface area contributed by atoms with E-state index in [1.165, 1.54) is 0 Å². The third-order valence-electron chi connectivity index (χ3n) is 3.12. The Morgan fingerprint density at radius 2 is 1.89 bits per heavy atom. The monoisotopic (exact) mass is 251 g/mol. The first-order valence-electron chi connectivity index (χ1n) is 5.90. The fourth-order valence-corrected chi connectivity index (χ4v) is 1.49. The summed E-state index contributed by atoms with van der Waals surface area (Å²) in [6.45, 7) is 7.76. The van der Waals surface area contributed by atoms with Crippen molar-refractivity contribution in [2.24, 2.45) is 5.41 Å². The number of anilines is 1. The molecule has 0 bridgehead atoms. The average molecular weight is 251 g/mol. The highest BCUT2D eigenvalue weighted by molar-refractivity contribution is 5.74. The van der Waals surface area contributed by atoms with Gasteiger partial charge in [0.1, 0.15) is 5.75 Å². The number of carbonyl (C=O) groups is 1. The minimum absolute atomic E-state index is 0.348. The van der Waals surface area contributed by atoms with Crippen LogP contribution in [0.3, 0.4) is 0 Å². The first kappa shape index (κ1) is 14.4. The lowest BCUT2D eigenvalue weighted by atomic mass is 9.93. The SMILES string of the molecule is COc1cc(C)c(C)cc1NCC(C)(C)C(=O)O. The first-order valence-corrected chi connectivity index (χ1v) is 5.90. The summed E-state index contributed by atoms with van der Waals surface area (Å²) in [5, 5.41) is 12.2. The van der Waals surface area contributed by atoms with Crippen LogP contribution in [0, 0.1) is 19.3 Å². The lowest BCUT2D eigenvalue weighted by Crippen LogP contribution is -2.31. The molecule has 0 radical (unpaired) electrons. The van der Waals surface area contributed by atoms with E-state index in [-0.39, 0.29) is 0 Å². The quantitative estimate of drug-likeness (QED) is 0.844. The topological polar surface area (TPSA) is 58.6 Å². The lowest BCUT2D eigenvalue weighted by Gasteiger charge is -2.22. The summed E-state index contributed by atoms with van der Waals surface area (Å²) >= 11 is 0. The largest absolute Gasteiger partial charge is 0.495 e. The maximum atomic E-state index is 11.0. The van der Waals surface area contributed by atoms with Crippen molar-refractivity contribution in [2.75, 3.05) is 19.0 Å². The zero-order chi connectivity index (χ0) is 13.9. The molecular weight excluding hydrogens is 230 g/mol. The van der Waals surface area contributed by atoms with Crippen LogP contribution in [0.4, 0.5) is 5.69 Å². The standard InChI is InChI=1S/C14H21NO3/c1-9-6-11(12(18-5)7-10(9)2)15-8-14(3,4)13(16)17/h6-7,15H,8H2,1-5H3,(H,16,17). The van der Waals surface area contributed by atoms with Gasteiger partial charge in [0.05, 0.1) is 18.2 Å². The number of nitrogens with one attached hydrogen (secondary N) is 1. The second-order valence-corrected chi connectivity index (χ2v) is 5.18. The number of ether oxygens (including phenoxy) is 1. The van der Waals surface area contributed by atoms with E-state index in [1.54, 1.807) is 21.0 Å². The van der Waals surface area contributed by atoms with Crippen molar-refractivity contribution in [3.63, 3.8) is 0 Å². The predicted octanol–water partition coefficient (Wildman–Crippen LogP) is 2.83. The van der Waals surface area contributed by atoms with Gasteiger partial charge in [-0.3, -0.25) is 4.79 Å². The van der Waals surface area contributed by atoms with Gasteiger partial charge < -0.3 is 15.2 Å². The van der Waals surface area contributed by atoms with Crippen LogP contribution in [0.5, 0.6) is 5.75 Å². The van der Waals surface area contributed by atoms with Gasteiger partial charge in [-0.2, -0.15) is 0 Å². The van der Waals surface area contributed by atoms with Gasteiger partial charge in [-0.15, -0.1) is 0 Å². The van der Waals surface area contributed by atoms with Crippen LogP contribution in [-0.2, 0) is 4.79 Å². The molecule has 0 aliphatic carbocycles. The van der Waals surface area contributed by atoms with E-state index < -0.39 is 11.4 Å². The number of benzene rings is 1. The van der Waals surface area contributed by atoms with E-state index in [2.05, 4.69) is 5.32 Å². The Morgan fingerprint density at radius 1 is 1.33 bits per heavy atom. The van der Waals surface area contributed by atoms with Crippen LogP contribution in [0.15, 0.2) is 12.1 Å². The molecule has 18 heavy (non-hydrogen) atoms. The Balaban J connectivity index is 2.91. The maximum absolute atomic E-state index is 11.0. The molecule has 0 amide bonds. The van der Waals surface area contributed by atoms with Gasteiger partial charge >= 0.3 is 5.97 Å². The number of rotatable bonds is 5. The third-order valence-corrected chi connectivity index (χ3v) is 3.12. The number of aryl methyl sites for hydroxylation is 2. The summed E-state index contributed by atoms with van der Waals surface area (Å²) in [5.74, 6) is -0.0860. The van der Waals surface area contributed by atoms with Crippen LogP contribution in [0.1, 0.15) is 25.0 Å². The minimum Gasteiger partial charge on any atom is -0.495 e. The first-order chi connectivity index (χ1) is 8.27. The van der Waals surface area contributed by atoms with Crippen molar-refractivity contribution in [1.82, 2.24) is 0 Å². The van der Waals surface area contributed by atoms with Crippen molar-refractivity contribution in [1.29, 1.82) is 0 Å². The van der Waals surface area contributed by atoms with E-state index in [0.29, 0.717) is 6.54 Å². The summed E-state index contributed by atoms with van der Waals surface area (Å²) in [6, 6.07) is 3.93. The van der Waals surface area contributed by atoms with E-state index >= 15 is 0 Å². The van der Waals surface area contributed by atoms with E-state index in [1.807, 2.05) is 26.0 Å². The van der Waals surface area contributed by atoms with Gasteiger partial charge in [-0.05, 0) is 51.0 Å². The zero-order valence-electron chi connectivity index (χ0n) is 11.6. The highest BCUT2D eigenvalue weighted by Gasteiger charge is 2.27. The summed E-state index contributed by atoms with van der Waals surface area (Å²) in [6.07, 6.45) is 0. The van der Waals surface area contributed by atoms with Gasteiger partial charge in [0.25, 0.3) is 0 Å². The molecule has 1 aromatic rings. The molecule has 0 heterocycles. The highest BCUT2D eigenvalue weighted by atomic mass is 16.5. The normalized spacial score (nSPS) is 11.2. The third kappa shape index (κ3) is 3.15.